The van der Waals surface area contributed by atoms with Crippen LogP contribution < -0.4 is 5.32 Å². The van der Waals surface area contributed by atoms with Gasteiger partial charge >= 0.3 is 5.69 Å². The summed E-state index contributed by atoms with van der Waals surface area (Å²) >= 11 is 11.8. The normalized spacial score (nSPS) is 10.6. The van der Waals surface area contributed by atoms with Crippen LogP contribution >= 0.6 is 23.2 Å². The molecule has 0 aliphatic rings. The number of aromatic nitrogens is 3. The zero-order chi connectivity index (χ0) is 14.7. The molecule has 0 spiro atoms. The van der Waals surface area contributed by atoms with Gasteiger partial charge in [-0.1, -0.05) is 30.1 Å². The lowest BCUT2D eigenvalue weighted by Gasteiger charge is -2.09. The van der Waals surface area contributed by atoms with E-state index in [1.54, 1.807) is 0 Å². The van der Waals surface area contributed by atoms with Gasteiger partial charge in [0.2, 0.25) is 5.82 Å². The summed E-state index contributed by atoms with van der Waals surface area (Å²) in [6.45, 7) is 2.52. The smallest absolute Gasteiger partial charge is 0.331 e. The van der Waals surface area contributed by atoms with Crippen LogP contribution in [-0.2, 0) is 0 Å². The van der Waals surface area contributed by atoms with E-state index in [0.29, 0.717) is 11.6 Å². The average molecular weight is 316 g/mol. The third kappa shape index (κ3) is 2.83. The quantitative estimate of drug-likeness (QED) is 0.675. The van der Waals surface area contributed by atoms with Crippen molar-refractivity contribution in [2.75, 3.05) is 11.9 Å². The lowest BCUT2D eigenvalue weighted by molar-refractivity contribution is -0.384. The van der Waals surface area contributed by atoms with Crippen molar-refractivity contribution in [3.63, 3.8) is 0 Å². The fourth-order valence-corrected chi connectivity index (χ4v) is 2.07. The summed E-state index contributed by atoms with van der Waals surface area (Å²) in [4.78, 5) is 14.6. The zero-order valence-electron chi connectivity index (χ0n) is 10.5. The van der Waals surface area contributed by atoms with Gasteiger partial charge in [0.1, 0.15) is 6.20 Å². The van der Waals surface area contributed by atoms with E-state index < -0.39 is 4.92 Å². The average Bonchev–Trinajstić information content (AvgIpc) is 2.80. The van der Waals surface area contributed by atoms with Crippen LogP contribution in [0.25, 0.3) is 5.82 Å². The van der Waals surface area contributed by atoms with Gasteiger partial charge in [-0.3, -0.25) is 10.1 Å². The Labute approximate surface area is 124 Å². The molecule has 7 nitrogen and oxygen atoms in total. The lowest BCUT2D eigenvalue weighted by atomic mass is 10.4. The van der Waals surface area contributed by atoms with E-state index in [4.69, 9.17) is 23.2 Å². The van der Waals surface area contributed by atoms with Crippen LogP contribution in [0.1, 0.15) is 13.3 Å². The first-order valence-electron chi connectivity index (χ1n) is 5.82. The Bertz CT molecular complexity index is 644. The maximum absolute atomic E-state index is 11.0. The summed E-state index contributed by atoms with van der Waals surface area (Å²) < 4.78 is 1.30. The summed E-state index contributed by atoms with van der Waals surface area (Å²) in [5, 5.41) is 18.6. The van der Waals surface area contributed by atoms with Crippen LogP contribution in [-0.4, -0.2) is 26.2 Å². The first-order chi connectivity index (χ1) is 9.54. The molecule has 0 aromatic carbocycles. The Morgan fingerprint density at radius 2 is 2.20 bits per heavy atom. The molecule has 9 heteroatoms. The fraction of sp³-hybridized carbons (Fsp3) is 0.273. The molecule has 0 radical (unpaired) electrons. The molecule has 0 aliphatic heterocycles. The third-order valence-electron chi connectivity index (χ3n) is 2.48. The highest BCUT2D eigenvalue weighted by molar-refractivity contribution is 6.35. The number of hydrogen-bond acceptors (Lipinski definition) is 5. The second-order valence-corrected chi connectivity index (χ2v) is 4.78. The Kier molecular flexibility index (Phi) is 4.41. The van der Waals surface area contributed by atoms with Crippen molar-refractivity contribution in [1.82, 2.24) is 14.8 Å². The van der Waals surface area contributed by atoms with E-state index in [1.807, 2.05) is 6.92 Å². The number of halogens is 2. The SMILES string of the molecule is CCCNc1c([N+](=O)[O-])cnn1-c1ncc(Cl)cc1Cl. The summed E-state index contributed by atoms with van der Waals surface area (Å²) in [7, 11) is 0. The maximum Gasteiger partial charge on any atom is 0.331 e. The van der Waals surface area contributed by atoms with Gasteiger partial charge in [-0.25, -0.2) is 4.98 Å². The monoisotopic (exact) mass is 315 g/mol. The first kappa shape index (κ1) is 14.5. The molecular formula is C11H11Cl2N5O2. The maximum atomic E-state index is 11.0. The Morgan fingerprint density at radius 1 is 1.45 bits per heavy atom. The summed E-state index contributed by atoms with van der Waals surface area (Å²) in [5.74, 6) is 0.524. The summed E-state index contributed by atoms with van der Waals surface area (Å²) in [6.07, 6.45) is 3.37. The number of hydrogen-bond donors (Lipinski definition) is 1. The Balaban J connectivity index is 2.52. The van der Waals surface area contributed by atoms with Crippen LogP contribution in [0.4, 0.5) is 11.5 Å². The largest absolute Gasteiger partial charge is 0.364 e. The first-order valence-corrected chi connectivity index (χ1v) is 6.58. The molecule has 2 rings (SSSR count). The summed E-state index contributed by atoms with van der Waals surface area (Å²) in [5.41, 5.74) is -0.133. The van der Waals surface area contributed by atoms with Crippen LogP contribution in [0.5, 0.6) is 0 Å². The van der Waals surface area contributed by atoms with Crippen molar-refractivity contribution in [1.29, 1.82) is 0 Å². The second kappa shape index (κ2) is 6.06. The lowest BCUT2D eigenvalue weighted by Crippen LogP contribution is -2.10. The van der Waals surface area contributed by atoms with Gasteiger partial charge in [0.25, 0.3) is 0 Å². The van der Waals surface area contributed by atoms with Crippen molar-refractivity contribution in [3.05, 3.63) is 38.6 Å². The molecule has 0 bridgehead atoms. The topological polar surface area (TPSA) is 85.9 Å². The predicted octanol–water partition coefficient (Wildman–Crippen LogP) is 3.30. The minimum absolute atomic E-state index is 0.133. The van der Waals surface area contributed by atoms with Crippen LogP contribution in [0.3, 0.4) is 0 Å². The van der Waals surface area contributed by atoms with E-state index in [1.165, 1.54) is 16.9 Å². The molecule has 0 amide bonds. The second-order valence-electron chi connectivity index (χ2n) is 3.93. The van der Waals surface area contributed by atoms with E-state index >= 15 is 0 Å². The number of nitrogens with one attached hydrogen (secondary N) is 1. The molecule has 2 aromatic heterocycles. The van der Waals surface area contributed by atoms with Crippen LogP contribution in [0.2, 0.25) is 10.0 Å². The van der Waals surface area contributed by atoms with Gasteiger partial charge in [-0.05, 0) is 12.5 Å². The third-order valence-corrected chi connectivity index (χ3v) is 2.96. The van der Waals surface area contributed by atoms with Gasteiger partial charge < -0.3 is 5.32 Å². The zero-order valence-corrected chi connectivity index (χ0v) is 12.0. The van der Waals surface area contributed by atoms with Crippen LogP contribution in [0, 0.1) is 10.1 Å². The number of rotatable bonds is 5. The van der Waals surface area contributed by atoms with E-state index in [9.17, 15) is 10.1 Å². The highest BCUT2D eigenvalue weighted by atomic mass is 35.5. The molecule has 0 fully saturated rings. The molecule has 0 saturated heterocycles. The van der Waals surface area contributed by atoms with Crippen LogP contribution in [0.15, 0.2) is 18.5 Å². The Hall–Kier alpha value is -1.86. The van der Waals surface area contributed by atoms with Gasteiger partial charge in [0.15, 0.2) is 5.82 Å². The van der Waals surface area contributed by atoms with Gasteiger partial charge in [0.05, 0.1) is 15.0 Å². The minimum atomic E-state index is -0.509. The van der Waals surface area contributed by atoms with Crippen molar-refractivity contribution in [2.45, 2.75) is 13.3 Å². The minimum Gasteiger partial charge on any atom is -0.364 e. The molecule has 0 atom stereocenters. The molecular weight excluding hydrogens is 305 g/mol. The van der Waals surface area contributed by atoms with E-state index in [0.717, 1.165) is 12.6 Å². The molecule has 106 valence electrons. The van der Waals surface area contributed by atoms with Gasteiger partial charge in [0, 0.05) is 12.7 Å². The van der Waals surface area contributed by atoms with Crippen molar-refractivity contribution in [2.24, 2.45) is 0 Å². The number of nitrogens with zero attached hydrogens (tertiary/aromatic N) is 4. The molecule has 0 saturated carbocycles. The van der Waals surface area contributed by atoms with E-state index in [2.05, 4.69) is 15.4 Å². The molecule has 2 aromatic rings. The number of pyridine rings is 1. The summed E-state index contributed by atoms with van der Waals surface area (Å²) in [6, 6.07) is 1.50. The molecule has 0 aliphatic carbocycles. The van der Waals surface area contributed by atoms with Gasteiger partial charge in [-0.2, -0.15) is 9.78 Å². The standard InChI is InChI=1S/C11H11Cl2N5O2/c1-2-3-14-11-9(18(19)20)6-16-17(11)10-8(13)4-7(12)5-15-10/h4-6,14H,2-3H2,1H3. The molecule has 0 unspecified atom stereocenters. The van der Waals surface area contributed by atoms with Gasteiger partial charge in [-0.15, -0.1) is 0 Å². The highest BCUT2D eigenvalue weighted by Gasteiger charge is 2.23. The molecule has 1 N–H and O–H groups in total. The number of nitro groups is 1. The highest BCUT2D eigenvalue weighted by Crippen LogP contribution is 2.29. The predicted molar refractivity (Wildman–Crippen MR) is 76.8 cm³/mol. The molecule has 2 heterocycles. The number of anilines is 1. The van der Waals surface area contributed by atoms with Crippen molar-refractivity contribution >= 4 is 34.7 Å². The van der Waals surface area contributed by atoms with Crippen molar-refractivity contribution in [3.8, 4) is 5.82 Å². The van der Waals surface area contributed by atoms with Crippen molar-refractivity contribution < 1.29 is 4.92 Å². The van der Waals surface area contributed by atoms with E-state index in [-0.39, 0.29) is 22.3 Å². The fourth-order valence-electron chi connectivity index (χ4n) is 1.61. The Morgan fingerprint density at radius 3 is 2.80 bits per heavy atom. The molecule has 20 heavy (non-hydrogen) atoms.